The van der Waals surface area contributed by atoms with Crippen LogP contribution in [0.1, 0.15) is 61.6 Å². The van der Waals surface area contributed by atoms with Gasteiger partial charge in [0.1, 0.15) is 17.9 Å². The lowest BCUT2D eigenvalue weighted by Gasteiger charge is -2.03. The molecule has 0 spiro atoms. The Labute approximate surface area is 108 Å². The van der Waals surface area contributed by atoms with E-state index in [0.29, 0.717) is 12.4 Å². The molecule has 1 rings (SSSR count). The van der Waals surface area contributed by atoms with Gasteiger partial charge in [-0.2, -0.15) is 0 Å². The van der Waals surface area contributed by atoms with Crippen molar-refractivity contribution in [2.24, 2.45) is 0 Å². The highest BCUT2D eigenvalue weighted by Crippen LogP contribution is 2.12. The van der Waals surface area contributed by atoms with E-state index in [9.17, 15) is 4.79 Å². The molecule has 102 valence electrons. The van der Waals surface area contributed by atoms with Gasteiger partial charge in [0.05, 0.1) is 6.26 Å². The molecule has 1 N–H and O–H groups in total. The summed E-state index contributed by atoms with van der Waals surface area (Å²) < 4.78 is 10.5. The summed E-state index contributed by atoms with van der Waals surface area (Å²) in [4.78, 5) is 10.8. The molecule has 18 heavy (non-hydrogen) atoms. The number of rotatable bonds is 10. The van der Waals surface area contributed by atoms with Crippen LogP contribution in [-0.4, -0.2) is 17.7 Å². The molecule has 0 fully saturated rings. The van der Waals surface area contributed by atoms with Gasteiger partial charge in [-0.25, -0.2) is 4.79 Å². The van der Waals surface area contributed by atoms with Crippen molar-refractivity contribution in [1.82, 2.24) is 0 Å². The summed E-state index contributed by atoms with van der Waals surface area (Å²) in [6, 6.07) is 1.45. The summed E-state index contributed by atoms with van der Waals surface area (Å²) in [7, 11) is 0. The molecule has 0 saturated carbocycles. The van der Waals surface area contributed by atoms with Crippen molar-refractivity contribution in [1.29, 1.82) is 0 Å². The number of furan rings is 1. The highest BCUT2D eigenvalue weighted by molar-refractivity contribution is 5.88. The molecule has 1 aromatic heterocycles. The average molecular weight is 254 g/mol. The molecular weight excluding hydrogens is 232 g/mol. The molecule has 0 radical (unpaired) electrons. The number of hydrogen-bond acceptors (Lipinski definition) is 3. The Hall–Kier alpha value is -1.29. The Bertz CT molecular complexity index is 343. The summed E-state index contributed by atoms with van der Waals surface area (Å²) in [6.45, 7) is 3.10. The Balaban J connectivity index is 2.07. The van der Waals surface area contributed by atoms with E-state index in [-0.39, 0.29) is 12.2 Å². The van der Waals surface area contributed by atoms with E-state index in [0.717, 1.165) is 6.42 Å². The van der Waals surface area contributed by atoms with Crippen LogP contribution in [0.2, 0.25) is 0 Å². The van der Waals surface area contributed by atoms with E-state index in [2.05, 4.69) is 6.92 Å². The number of carboxylic acids is 1. The fraction of sp³-hybridized carbons (Fsp3) is 0.643. The van der Waals surface area contributed by atoms with Gasteiger partial charge in [-0.1, -0.05) is 39.0 Å². The van der Waals surface area contributed by atoms with Gasteiger partial charge in [0, 0.05) is 6.61 Å². The van der Waals surface area contributed by atoms with Gasteiger partial charge in [-0.15, -0.1) is 0 Å². The molecular formula is C14H22O4. The second-order valence-corrected chi connectivity index (χ2v) is 4.38. The lowest BCUT2D eigenvalue weighted by Crippen LogP contribution is -2.01. The first kappa shape index (κ1) is 14.8. The van der Waals surface area contributed by atoms with Crippen LogP contribution in [0, 0.1) is 0 Å². The first-order valence-electron chi connectivity index (χ1n) is 6.63. The molecule has 0 bridgehead atoms. The molecule has 0 saturated heterocycles. The number of carboxylic acid groups (broad SMARTS) is 1. The topological polar surface area (TPSA) is 59.7 Å². The Morgan fingerprint density at radius 3 is 2.72 bits per heavy atom. The molecule has 1 heterocycles. The van der Waals surface area contributed by atoms with E-state index in [1.807, 2.05) is 0 Å². The second kappa shape index (κ2) is 8.75. The molecule has 0 amide bonds. The molecule has 4 nitrogen and oxygen atoms in total. The van der Waals surface area contributed by atoms with Crippen LogP contribution in [-0.2, 0) is 11.3 Å². The first-order chi connectivity index (χ1) is 8.75. The minimum atomic E-state index is -0.970. The van der Waals surface area contributed by atoms with E-state index in [1.165, 1.54) is 44.4 Å². The van der Waals surface area contributed by atoms with Crippen molar-refractivity contribution >= 4 is 5.97 Å². The minimum absolute atomic E-state index is 0.193. The fourth-order valence-electron chi connectivity index (χ4n) is 1.79. The van der Waals surface area contributed by atoms with Crippen molar-refractivity contribution in [2.45, 2.75) is 52.1 Å². The lowest BCUT2D eigenvalue weighted by molar-refractivity contribution is 0.0677. The van der Waals surface area contributed by atoms with E-state index in [1.54, 1.807) is 0 Å². The summed E-state index contributed by atoms with van der Waals surface area (Å²) >= 11 is 0. The standard InChI is InChI=1S/C14H22O4/c1-2-3-4-5-6-7-9-17-11-13-12(14(15)16)8-10-18-13/h8,10H,2-7,9,11H2,1H3,(H,15,16). The molecule has 0 aliphatic heterocycles. The Morgan fingerprint density at radius 1 is 1.28 bits per heavy atom. The Morgan fingerprint density at radius 2 is 2.00 bits per heavy atom. The summed E-state index contributed by atoms with van der Waals surface area (Å²) in [5, 5.41) is 8.86. The quantitative estimate of drug-likeness (QED) is 0.644. The third-order valence-electron chi connectivity index (χ3n) is 2.85. The highest BCUT2D eigenvalue weighted by atomic mass is 16.5. The van der Waals surface area contributed by atoms with Crippen molar-refractivity contribution < 1.29 is 19.1 Å². The monoisotopic (exact) mass is 254 g/mol. The summed E-state index contributed by atoms with van der Waals surface area (Å²) in [5.74, 6) is -0.574. The van der Waals surface area contributed by atoms with Crippen LogP contribution >= 0.6 is 0 Å². The van der Waals surface area contributed by atoms with Crippen molar-refractivity contribution in [3.63, 3.8) is 0 Å². The molecule has 0 aliphatic carbocycles. The van der Waals surface area contributed by atoms with Gasteiger partial charge < -0.3 is 14.3 Å². The molecule has 4 heteroatoms. The smallest absolute Gasteiger partial charge is 0.339 e. The summed E-state index contributed by atoms with van der Waals surface area (Å²) in [6.07, 6.45) is 8.67. The largest absolute Gasteiger partial charge is 0.478 e. The lowest BCUT2D eigenvalue weighted by atomic mass is 10.1. The number of ether oxygens (including phenoxy) is 1. The van der Waals surface area contributed by atoms with E-state index >= 15 is 0 Å². The zero-order valence-corrected chi connectivity index (χ0v) is 11.0. The fourth-order valence-corrected chi connectivity index (χ4v) is 1.79. The van der Waals surface area contributed by atoms with Crippen molar-refractivity contribution in [2.75, 3.05) is 6.61 Å². The number of hydrogen-bond donors (Lipinski definition) is 1. The number of unbranched alkanes of at least 4 members (excludes halogenated alkanes) is 5. The first-order valence-corrected chi connectivity index (χ1v) is 6.63. The third-order valence-corrected chi connectivity index (χ3v) is 2.85. The maximum absolute atomic E-state index is 10.8. The number of carbonyl (C=O) groups is 1. The van der Waals surface area contributed by atoms with E-state index < -0.39 is 5.97 Å². The average Bonchev–Trinajstić information content (AvgIpc) is 2.81. The van der Waals surface area contributed by atoms with Gasteiger partial charge in [-0.3, -0.25) is 0 Å². The normalized spacial score (nSPS) is 10.7. The van der Waals surface area contributed by atoms with Gasteiger partial charge >= 0.3 is 5.97 Å². The predicted octanol–water partition coefficient (Wildman–Crippen LogP) is 3.85. The van der Waals surface area contributed by atoms with Crippen LogP contribution < -0.4 is 0 Å². The molecule has 0 aromatic carbocycles. The van der Waals surface area contributed by atoms with Gasteiger partial charge in [0.25, 0.3) is 0 Å². The molecule has 0 aliphatic rings. The van der Waals surface area contributed by atoms with Crippen LogP contribution in [0.4, 0.5) is 0 Å². The third kappa shape index (κ3) is 5.36. The van der Waals surface area contributed by atoms with Crippen LogP contribution in [0.25, 0.3) is 0 Å². The van der Waals surface area contributed by atoms with Gasteiger partial charge in [0.2, 0.25) is 0 Å². The zero-order valence-electron chi connectivity index (χ0n) is 11.0. The molecule has 1 aromatic rings. The van der Waals surface area contributed by atoms with Crippen LogP contribution in [0.3, 0.4) is 0 Å². The Kier molecular flexibility index (Phi) is 7.18. The minimum Gasteiger partial charge on any atom is -0.478 e. The van der Waals surface area contributed by atoms with Crippen LogP contribution in [0.5, 0.6) is 0 Å². The molecule has 0 atom stereocenters. The van der Waals surface area contributed by atoms with Gasteiger partial charge in [-0.05, 0) is 12.5 Å². The summed E-state index contributed by atoms with van der Waals surface area (Å²) in [5.41, 5.74) is 0.193. The number of aromatic carboxylic acids is 1. The maximum Gasteiger partial charge on any atom is 0.339 e. The predicted molar refractivity (Wildman–Crippen MR) is 68.7 cm³/mol. The van der Waals surface area contributed by atoms with Crippen molar-refractivity contribution in [3.8, 4) is 0 Å². The highest BCUT2D eigenvalue weighted by Gasteiger charge is 2.12. The van der Waals surface area contributed by atoms with Gasteiger partial charge in [0.15, 0.2) is 0 Å². The SMILES string of the molecule is CCCCCCCCOCc1occc1C(=O)O. The van der Waals surface area contributed by atoms with E-state index in [4.69, 9.17) is 14.3 Å². The zero-order chi connectivity index (χ0) is 13.2. The molecule has 0 unspecified atom stereocenters. The second-order valence-electron chi connectivity index (χ2n) is 4.38. The van der Waals surface area contributed by atoms with Crippen molar-refractivity contribution in [3.05, 3.63) is 23.7 Å². The van der Waals surface area contributed by atoms with Crippen LogP contribution in [0.15, 0.2) is 16.7 Å². The maximum atomic E-state index is 10.8.